The minimum absolute atomic E-state index is 0.508. The average molecular weight is 346 g/mol. The maximum absolute atomic E-state index is 11.9. The van der Waals surface area contributed by atoms with Crippen molar-refractivity contribution in [3.05, 3.63) is 58.6 Å². The summed E-state index contributed by atoms with van der Waals surface area (Å²) in [4.78, 5) is 23.6. The summed E-state index contributed by atoms with van der Waals surface area (Å²) in [6.07, 6.45) is 1.40. The van der Waals surface area contributed by atoms with Gasteiger partial charge in [0.1, 0.15) is 5.75 Å². The molecule has 24 heavy (non-hydrogen) atoms. The molecule has 0 heterocycles. The van der Waals surface area contributed by atoms with Crippen molar-refractivity contribution in [2.24, 2.45) is 5.10 Å². The standard InChI is InChI=1S/C17H16ClN3O3/c1-11-9-13(18)7-8-14(11)20-16(22)17(23)21-19-10-12-5-3-4-6-15(12)24-2/h3-10H,1-2H3,(H,20,22)(H,21,23)/b19-10-. The monoisotopic (exact) mass is 345 g/mol. The number of nitrogens with one attached hydrogen (secondary N) is 2. The predicted octanol–water partition coefficient (Wildman–Crippen LogP) is 2.75. The van der Waals surface area contributed by atoms with E-state index in [2.05, 4.69) is 15.8 Å². The van der Waals surface area contributed by atoms with Crippen LogP contribution < -0.4 is 15.5 Å². The second-order valence-corrected chi connectivity index (χ2v) is 5.29. The van der Waals surface area contributed by atoms with Crippen LogP contribution in [0.4, 0.5) is 5.69 Å². The number of benzene rings is 2. The summed E-state index contributed by atoms with van der Waals surface area (Å²) in [5, 5.41) is 6.82. The zero-order valence-electron chi connectivity index (χ0n) is 13.2. The SMILES string of the molecule is COc1ccccc1/C=N\NC(=O)C(=O)Nc1ccc(Cl)cc1C. The van der Waals surface area contributed by atoms with Crippen molar-refractivity contribution in [2.45, 2.75) is 6.92 Å². The zero-order valence-corrected chi connectivity index (χ0v) is 13.9. The first-order valence-electron chi connectivity index (χ1n) is 7.05. The largest absolute Gasteiger partial charge is 0.496 e. The molecule has 0 fully saturated rings. The maximum Gasteiger partial charge on any atom is 0.329 e. The quantitative estimate of drug-likeness (QED) is 0.508. The Morgan fingerprint density at radius 3 is 2.62 bits per heavy atom. The van der Waals surface area contributed by atoms with Gasteiger partial charge in [-0.15, -0.1) is 0 Å². The van der Waals surface area contributed by atoms with Crippen LogP contribution in [0.25, 0.3) is 0 Å². The van der Waals surface area contributed by atoms with Crippen molar-refractivity contribution >= 4 is 35.3 Å². The summed E-state index contributed by atoms with van der Waals surface area (Å²) in [7, 11) is 1.53. The van der Waals surface area contributed by atoms with Crippen molar-refractivity contribution in [3.8, 4) is 5.75 Å². The molecule has 7 heteroatoms. The fourth-order valence-corrected chi connectivity index (χ4v) is 2.16. The molecule has 0 aromatic heterocycles. The van der Waals surface area contributed by atoms with E-state index in [9.17, 15) is 9.59 Å². The van der Waals surface area contributed by atoms with Crippen LogP contribution in [0.15, 0.2) is 47.6 Å². The number of carbonyl (C=O) groups excluding carboxylic acids is 2. The molecule has 2 amide bonds. The Balaban J connectivity index is 1.96. The number of hydrogen-bond donors (Lipinski definition) is 2. The van der Waals surface area contributed by atoms with Gasteiger partial charge in [-0.1, -0.05) is 23.7 Å². The number of methoxy groups -OCH3 is 1. The highest BCUT2D eigenvalue weighted by molar-refractivity contribution is 6.39. The highest BCUT2D eigenvalue weighted by Gasteiger charge is 2.14. The van der Waals surface area contributed by atoms with Crippen LogP contribution in [0, 0.1) is 6.92 Å². The molecule has 0 aliphatic heterocycles. The first-order chi connectivity index (χ1) is 11.5. The minimum atomic E-state index is -0.879. The third kappa shape index (κ3) is 4.57. The van der Waals surface area contributed by atoms with Crippen LogP contribution in [0.3, 0.4) is 0 Å². The van der Waals surface area contributed by atoms with E-state index in [0.717, 1.165) is 5.56 Å². The molecular formula is C17H16ClN3O3. The third-order valence-corrected chi connectivity index (χ3v) is 3.39. The van der Waals surface area contributed by atoms with Gasteiger partial charge in [-0.25, -0.2) is 5.43 Å². The summed E-state index contributed by atoms with van der Waals surface area (Å²) < 4.78 is 5.16. The maximum atomic E-state index is 11.9. The number of rotatable bonds is 4. The van der Waals surface area contributed by atoms with Crippen LogP contribution >= 0.6 is 11.6 Å². The lowest BCUT2D eigenvalue weighted by Gasteiger charge is -2.07. The molecule has 2 aromatic rings. The van der Waals surface area contributed by atoms with Crippen LogP contribution in [-0.2, 0) is 9.59 Å². The van der Waals surface area contributed by atoms with E-state index >= 15 is 0 Å². The number of carbonyl (C=O) groups is 2. The Kier molecular flexibility index (Phi) is 5.92. The topological polar surface area (TPSA) is 79.8 Å². The van der Waals surface area contributed by atoms with Gasteiger partial charge in [0.2, 0.25) is 0 Å². The van der Waals surface area contributed by atoms with Gasteiger partial charge in [0, 0.05) is 16.3 Å². The Bertz CT molecular complexity index is 790. The lowest BCUT2D eigenvalue weighted by molar-refractivity contribution is -0.136. The first kappa shape index (κ1) is 17.5. The summed E-state index contributed by atoms with van der Waals surface area (Å²) in [6.45, 7) is 1.78. The molecule has 0 aliphatic rings. The molecule has 0 saturated heterocycles. The highest BCUT2D eigenvalue weighted by Crippen LogP contribution is 2.19. The first-order valence-corrected chi connectivity index (χ1v) is 7.42. The molecule has 0 unspecified atom stereocenters. The molecule has 0 radical (unpaired) electrons. The Morgan fingerprint density at radius 2 is 1.92 bits per heavy atom. The number of anilines is 1. The molecule has 0 aliphatic carbocycles. The lowest BCUT2D eigenvalue weighted by atomic mass is 10.2. The molecule has 2 N–H and O–H groups in total. The Morgan fingerprint density at radius 1 is 1.17 bits per heavy atom. The number of nitrogens with zero attached hydrogens (tertiary/aromatic N) is 1. The average Bonchev–Trinajstić information content (AvgIpc) is 2.57. The van der Waals surface area contributed by atoms with Gasteiger partial charge in [0.15, 0.2) is 0 Å². The zero-order chi connectivity index (χ0) is 17.5. The van der Waals surface area contributed by atoms with Gasteiger partial charge in [-0.3, -0.25) is 9.59 Å². The highest BCUT2D eigenvalue weighted by atomic mass is 35.5. The van der Waals surface area contributed by atoms with Gasteiger partial charge >= 0.3 is 11.8 Å². The molecule has 0 saturated carbocycles. The van der Waals surface area contributed by atoms with E-state index in [4.69, 9.17) is 16.3 Å². The smallest absolute Gasteiger partial charge is 0.329 e. The number of ether oxygens (including phenoxy) is 1. The van der Waals surface area contributed by atoms with Gasteiger partial charge in [0.05, 0.1) is 13.3 Å². The number of aryl methyl sites for hydroxylation is 1. The van der Waals surface area contributed by atoms with Gasteiger partial charge in [0.25, 0.3) is 0 Å². The van der Waals surface area contributed by atoms with E-state index < -0.39 is 11.8 Å². The van der Waals surface area contributed by atoms with E-state index in [1.807, 2.05) is 12.1 Å². The van der Waals surface area contributed by atoms with E-state index in [0.29, 0.717) is 22.0 Å². The van der Waals surface area contributed by atoms with Crippen molar-refractivity contribution in [3.63, 3.8) is 0 Å². The van der Waals surface area contributed by atoms with Crippen molar-refractivity contribution in [2.75, 3.05) is 12.4 Å². The minimum Gasteiger partial charge on any atom is -0.496 e. The molecule has 124 valence electrons. The lowest BCUT2D eigenvalue weighted by Crippen LogP contribution is -2.32. The summed E-state index contributed by atoms with van der Waals surface area (Å²) in [5.74, 6) is -1.09. The van der Waals surface area contributed by atoms with E-state index in [1.54, 1.807) is 37.3 Å². The number of hydrogen-bond acceptors (Lipinski definition) is 4. The van der Waals surface area contributed by atoms with Crippen LogP contribution in [-0.4, -0.2) is 25.1 Å². The van der Waals surface area contributed by atoms with Crippen molar-refractivity contribution < 1.29 is 14.3 Å². The second-order valence-electron chi connectivity index (χ2n) is 4.85. The normalized spacial score (nSPS) is 10.5. The third-order valence-electron chi connectivity index (χ3n) is 3.15. The molecule has 2 rings (SSSR count). The fourth-order valence-electron chi connectivity index (χ4n) is 1.93. The van der Waals surface area contributed by atoms with Crippen molar-refractivity contribution in [1.82, 2.24) is 5.43 Å². The summed E-state index contributed by atoms with van der Waals surface area (Å²) in [6, 6.07) is 12.1. The molecule has 2 aromatic carbocycles. The number of amides is 2. The van der Waals surface area contributed by atoms with Crippen LogP contribution in [0.2, 0.25) is 5.02 Å². The van der Waals surface area contributed by atoms with Crippen LogP contribution in [0.1, 0.15) is 11.1 Å². The van der Waals surface area contributed by atoms with Gasteiger partial charge < -0.3 is 10.1 Å². The second kappa shape index (κ2) is 8.12. The molecule has 6 nitrogen and oxygen atoms in total. The number of hydrazone groups is 1. The number of halogens is 1. The summed E-state index contributed by atoms with van der Waals surface area (Å²) >= 11 is 5.85. The van der Waals surface area contributed by atoms with Gasteiger partial charge in [-0.2, -0.15) is 5.10 Å². The summed E-state index contributed by atoms with van der Waals surface area (Å²) in [5.41, 5.74) is 4.10. The Labute approximate surface area is 144 Å². The predicted molar refractivity (Wildman–Crippen MR) is 93.5 cm³/mol. The fraction of sp³-hybridized carbons (Fsp3) is 0.118. The van der Waals surface area contributed by atoms with Crippen molar-refractivity contribution in [1.29, 1.82) is 0 Å². The van der Waals surface area contributed by atoms with E-state index in [-0.39, 0.29) is 0 Å². The molecule has 0 bridgehead atoms. The van der Waals surface area contributed by atoms with E-state index in [1.165, 1.54) is 13.3 Å². The molecular weight excluding hydrogens is 330 g/mol. The Hall–Kier alpha value is -2.86. The van der Waals surface area contributed by atoms with Crippen LogP contribution in [0.5, 0.6) is 5.75 Å². The number of para-hydroxylation sites is 1. The molecule has 0 atom stereocenters. The molecule has 0 spiro atoms. The van der Waals surface area contributed by atoms with Gasteiger partial charge in [-0.05, 0) is 42.8 Å².